The number of carboxylic acids is 3. The molecule has 0 aliphatic heterocycles. The minimum Gasteiger partial charge on any atom is -0.549 e. The zero-order valence-electron chi connectivity index (χ0n) is 37.0. The van der Waals surface area contributed by atoms with E-state index in [2.05, 4.69) is 0 Å². The molecule has 0 saturated heterocycles. The molecule has 58 heavy (non-hydrogen) atoms. The third-order valence-electron chi connectivity index (χ3n) is 8.42. The Hall–Kier alpha value is -2.18. The Kier molecular flexibility index (Phi) is 46.2. The number of Topliss-reactive ketones (excluding diaryl/α,β-unsaturated/α-hetero) is 3. The molecular formula is C42H75GaO15. The fraction of sp³-hybridized carbons (Fsp3) is 0.857. The molecule has 15 nitrogen and oxygen atoms in total. The van der Waals surface area contributed by atoms with Crippen LogP contribution in [0.4, 0.5) is 0 Å². The Morgan fingerprint density at radius 2 is 0.517 bits per heavy atom. The molecule has 0 fully saturated rings. The van der Waals surface area contributed by atoms with E-state index in [-0.39, 0.29) is 39.1 Å². The van der Waals surface area contributed by atoms with E-state index in [4.69, 9.17) is 28.4 Å². The number of hydrogen-bond acceptors (Lipinski definition) is 15. The van der Waals surface area contributed by atoms with Crippen LogP contribution in [0.5, 0.6) is 0 Å². The SMILES string of the molecule is CCCCOC(CC(C(C)=O)C(=O)[O-])OCCCC.CCCCOC(CC(C(C)=O)C(=O)[O-])OCCCC.CCCCOC(CC(C(C)=O)C(=O)[O-])OCCCC.[Ga+3]. The van der Waals surface area contributed by atoms with E-state index in [9.17, 15) is 44.1 Å². The van der Waals surface area contributed by atoms with Crippen molar-refractivity contribution >= 4 is 55.0 Å². The summed E-state index contributed by atoms with van der Waals surface area (Å²) in [5.41, 5.74) is 0. The number of carbonyl (C=O) groups is 6. The van der Waals surface area contributed by atoms with Gasteiger partial charge in [0.15, 0.2) is 18.9 Å². The third-order valence-corrected chi connectivity index (χ3v) is 8.42. The number of unbranched alkanes of at least 4 members (excludes halogenated alkanes) is 6. The first kappa shape index (κ1) is 62.5. The molecule has 0 aromatic rings. The number of rotatable bonds is 36. The fourth-order valence-corrected chi connectivity index (χ4v) is 4.57. The summed E-state index contributed by atoms with van der Waals surface area (Å²) >= 11 is 0. The summed E-state index contributed by atoms with van der Waals surface area (Å²) in [6.45, 7) is 19.0. The molecule has 0 heterocycles. The average molecular weight is 890 g/mol. The van der Waals surface area contributed by atoms with Crippen molar-refractivity contribution in [3.8, 4) is 0 Å². The predicted octanol–water partition coefficient (Wildman–Crippen LogP) is 3.49. The van der Waals surface area contributed by atoms with Crippen LogP contribution in [-0.4, -0.2) is 114 Å². The Morgan fingerprint density at radius 3 is 0.621 bits per heavy atom. The maximum Gasteiger partial charge on any atom is 3.00 e. The molecule has 0 saturated carbocycles. The van der Waals surface area contributed by atoms with Crippen molar-refractivity contribution in [3.63, 3.8) is 0 Å². The van der Waals surface area contributed by atoms with Gasteiger partial charge in [0.1, 0.15) is 17.3 Å². The van der Waals surface area contributed by atoms with Gasteiger partial charge in [0.05, 0.1) is 35.7 Å². The van der Waals surface area contributed by atoms with Crippen molar-refractivity contribution in [2.75, 3.05) is 39.6 Å². The van der Waals surface area contributed by atoms with Crippen LogP contribution in [0.15, 0.2) is 0 Å². The van der Waals surface area contributed by atoms with Crippen LogP contribution >= 0.6 is 0 Å². The molecule has 0 aliphatic rings. The van der Waals surface area contributed by atoms with Crippen LogP contribution in [0.2, 0.25) is 0 Å². The van der Waals surface area contributed by atoms with Crippen LogP contribution in [-0.2, 0) is 57.2 Å². The van der Waals surface area contributed by atoms with Gasteiger partial charge in [0, 0.05) is 58.9 Å². The van der Waals surface area contributed by atoms with E-state index >= 15 is 0 Å². The van der Waals surface area contributed by atoms with E-state index in [1.807, 2.05) is 41.5 Å². The normalized spacial score (nSPS) is 12.4. The molecule has 0 N–H and O–H groups in total. The largest absolute Gasteiger partial charge is 3.00 e. The minimum atomic E-state index is -1.37. The minimum absolute atomic E-state index is 0. The molecule has 3 atom stereocenters. The molecular weight excluding hydrogens is 814 g/mol. The van der Waals surface area contributed by atoms with Crippen LogP contribution in [0.25, 0.3) is 0 Å². The smallest absolute Gasteiger partial charge is 0.549 e. The maximum atomic E-state index is 11.2. The zero-order chi connectivity index (χ0) is 44.0. The van der Waals surface area contributed by atoms with Gasteiger partial charge in [-0.15, -0.1) is 0 Å². The van der Waals surface area contributed by atoms with Crippen molar-refractivity contribution in [1.82, 2.24) is 0 Å². The van der Waals surface area contributed by atoms with Crippen LogP contribution in [0.3, 0.4) is 0 Å². The molecule has 0 rings (SSSR count). The summed E-state index contributed by atoms with van der Waals surface area (Å²) in [6, 6.07) is 0. The zero-order valence-corrected chi connectivity index (χ0v) is 39.4. The monoisotopic (exact) mass is 888 g/mol. The number of carboxylic acid groups (broad SMARTS) is 3. The van der Waals surface area contributed by atoms with Gasteiger partial charge in [-0.3, -0.25) is 14.4 Å². The van der Waals surface area contributed by atoms with Gasteiger partial charge in [-0.2, -0.15) is 0 Å². The second-order valence-corrected chi connectivity index (χ2v) is 13.8. The van der Waals surface area contributed by atoms with Crippen molar-refractivity contribution in [2.24, 2.45) is 17.8 Å². The summed E-state index contributed by atoms with van der Waals surface area (Å²) < 4.78 is 33.0. The van der Waals surface area contributed by atoms with Crippen LogP contribution < -0.4 is 15.3 Å². The standard InChI is InChI=1S/3C14H26O5.Ga/c3*1-4-6-8-18-13(19-9-7-5-2)10-12(11(3)15)14(16)17;/h3*12-13H,4-10H2,1-3H3,(H,16,17);/q;;;+3/p-3. The van der Waals surface area contributed by atoms with Crippen LogP contribution in [0, 0.1) is 17.8 Å². The first-order valence-corrected chi connectivity index (χ1v) is 20.9. The van der Waals surface area contributed by atoms with E-state index in [1.54, 1.807) is 0 Å². The fourth-order valence-electron chi connectivity index (χ4n) is 4.57. The van der Waals surface area contributed by atoms with Crippen molar-refractivity contribution in [1.29, 1.82) is 0 Å². The van der Waals surface area contributed by atoms with E-state index in [0.717, 1.165) is 77.0 Å². The molecule has 0 aromatic heterocycles. The second kappa shape index (κ2) is 42.9. The molecule has 0 aliphatic carbocycles. The molecule has 3 unspecified atom stereocenters. The third kappa shape index (κ3) is 36.9. The second-order valence-electron chi connectivity index (χ2n) is 13.8. The Balaban J connectivity index is -0.000000374. The number of carbonyl (C=O) groups excluding carboxylic acids is 6. The summed E-state index contributed by atoms with van der Waals surface area (Å²) in [5.74, 6) is -8.86. The van der Waals surface area contributed by atoms with Crippen LogP contribution in [0.1, 0.15) is 159 Å². The molecule has 16 heteroatoms. The predicted molar refractivity (Wildman–Crippen MR) is 214 cm³/mol. The first-order valence-electron chi connectivity index (χ1n) is 20.9. The van der Waals surface area contributed by atoms with E-state index in [0.29, 0.717) is 39.6 Å². The summed E-state index contributed by atoms with van der Waals surface area (Å²) in [7, 11) is 0. The molecule has 0 amide bonds. The molecule has 0 spiro atoms. The first-order chi connectivity index (χ1) is 27.1. The van der Waals surface area contributed by atoms with Gasteiger partial charge in [0.25, 0.3) is 0 Å². The number of ether oxygens (including phenoxy) is 6. The summed E-state index contributed by atoms with van der Waals surface area (Å²) in [5, 5.41) is 32.7. The van der Waals surface area contributed by atoms with Gasteiger partial charge >= 0.3 is 19.8 Å². The van der Waals surface area contributed by atoms with Gasteiger partial charge in [-0.25, -0.2) is 0 Å². The summed E-state index contributed by atoms with van der Waals surface area (Å²) in [4.78, 5) is 66.4. The Morgan fingerprint density at radius 1 is 0.362 bits per heavy atom. The average Bonchev–Trinajstić information content (AvgIpc) is 3.14. The molecule has 0 bridgehead atoms. The Labute approximate surface area is 361 Å². The quantitative estimate of drug-likeness (QED) is 0.0380. The van der Waals surface area contributed by atoms with Gasteiger partial charge in [0.2, 0.25) is 0 Å². The van der Waals surface area contributed by atoms with E-state index < -0.39 is 71.9 Å². The van der Waals surface area contributed by atoms with Gasteiger partial charge < -0.3 is 58.1 Å². The van der Waals surface area contributed by atoms with Gasteiger partial charge in [-0.05, 0) is 59.3 Å². The maximum absolute atomic E-state index is 11.2. The van der Waals surface area contributed by atoms with Crippen molar-refractivity contribution < 1.29 is 72.5 Å². The molecule has 336 valence electrons. The number of aliphatic carboxylic acids is 3. The molecule has 0 radical (unpaired) electrons. The summed E-state index contributed by atoms with van der Waals surface area (Å²) in [6.07, 6.45) is 9.29. The molecule has 0 aromatic carbocycles. The van der Waals surface area contributed by atoms with Crippen molar-refractivity contribution in [3.05, 3.63) is 0 Å². The van der Waals surface area contributed by atoms with Gasteiger partial charge in [-0.1, -0.05) is 80.1 Å². The number of hydrogen-bond donors (Lipinski definition) is 0. The Bertz CT molecular complexity index is 857. The number of ketones is 3. The topological polar surface area (TPSA) is 227 Å². The van der Waals surface area contributed by atoms with E-state index in [1.165, 1.54) is 20.8 Å². The van der Waals surface area contributed by atoms with Crippen molar-refractivity contribution in [2.45, 2.75) is 177 Å².